The van der Waals surface area contributed by atoms with Gasteiger partial charge in [0, 0.05) is 32.3 Å². The first-order valence-electron chi connectivity index (χ1n) is 5.30. The van der Waals surface area contributed by atoms with Gasteiger partial charge in [-0.05, 0) is 12.5 Å². The Bertz CT molecular complexity index is 401. The lowest BCUT2D eigenvalue weighted by molar-refractivity contribution is 0.161. The molecule has 0 amide bonds. The Morgan fingerprint density at radius 1 is 1.69 bits per heavy atom. The molecule has 1 atom stereocenters. The molecule has 5 heteroatoms. The Morgan fingerprint density at radius 2 is 2.56 bits per heavy atom. The van der Waals surface area contributed by atoms with Crippen LogP contribution in [0.4, 0.5) is 5.95 Å². The summed E-state index contributed by atoms with van der Waals surface area (Å²) in [6.45, 7) is 2.61. The summed E-state index contributed by atoms with van der Waals surface area (Å²) in [5.41, 5.74) is 0.417. The van der Waals surface area contributed by atoms with Crippen molar-refractivity contribution in [3.05, 3.63) is 18.0 Å². The molecule has 0 spiro atoms. The number of aromatic nitrogens is 2. The molecule has 0 bridgehead atoms. The van der Waals surface area contributed by atoms with Crippen molar-refractivity contribution in [3.8, 4) is 6.07 Å². The Kier molecular flexibility index (Phi) is 3.32. The van der Waals surface area contributed by atoms with E-state index in [2.05, 4.69) is 14.9 Å². The Morgan fingerprint density at radius 3 is 3.31 bits per heavy atom. The molecular formula is C11H14N4O. The summed E-state index contributed by atoms with van der Waals surface area (Å²) in [5, 5.41) is 8.76. The van der Waals surface area contributed by atoms with Crippen LogP contribution >= 0.6 is 0 Å². The van der Waals surface area contributed by atoms with Crippen LogP contribution < -0.4 is 4.90 Å². The Balaban J connectivity index is 2.06. The van der Waals surface area contributed by atoms with Crippen molar-refractivity contribution in [1.29, 1.82) is 5.26 Å². The molecule has 0 saturated carbocycles. The second kappa shape index (κ2) is 4.90. The number of ether oxygens (including phenoxy) is 1. The van der Waals surface area contributed by atoms with Crippen LogP contribution in [-0.2, 0) is 4.74 Å². The van der Waals surface area contributed by atoms with E-state index in [0.717, 1.165) is 26.1 Å². The summed E-state index contributed by atoms with van der Waals surface area (Å²) < 4.78 is 5.14. The van der Waals surface area contributed by atoms with Gasteiger partial charge in [-0.15, -0.1) is 0 Å². The Hall–Kier alpha value is -1.67. The van der Waals surface area contributed by atoms with Gasteiger partial charge in [0.2, 0.25) is 5.95 Å². The van der Waals surface area contributed by atoms with Crippen LogP contribution in [0.3, 0.4) is 0 Å². The minimum absolute atomic E-state index is 0.417. The molecule has 1 unspecified atom stereocenters. The third kappa shape index (κ3) is 2.28. The zero-order valence-corrected chi connectivity index (χ0v) is 9.26. The third-order valence-electron chi connectivity index (χ3n) is 2.73. The molecular weight excluding hydrogens is 204 g/mol. The maximum atomic E-state index is 8.76. The number of hydrogen-bond donors (Lipinski definition) is 0. The van der Waals surface area contributed by atoms with Gasteiger partial charge in [0.15, 0.2) is 0 Å². The van der Waals surface area contributed by atoms with Crippen molar-refractivity contribution in [3.63, 3.8) is 0 Å². The van der Waals surface area contributed by atoms with Crippen LogP contribution in [0.5, 0.6) is 0 Å². The third-order valence-corrected chi connectivity index (χ3v) is 2.73. The van der Waals surface area contributed by atoms with Crippen LogP contribution in [-0.4, -0.2) is 36.8 Å². The first kappa shape index (κ1) is 10.8. The molecule has 0 N–H and O–H groups in total. The summed E-state index contributed by atoms with van der Waals surface area (Å²) >= 11 is 0. The zero-order chi connectivity index (χ0) is 11.4. The first-order valence-corrected chi connectivity index (χ1v) is 5.30. The van der Waals surface area contributed by atoms with E-state index in [1.807, 2.05) is 6.07 Å². The van der Waals surface area contributed by atoms with E-state index in [-0.39, 0.29) is 0 Å². The van der Waals surface area contributed by atoms with Crippen LogP contribution in [0.15, 0.2) is 12.3 Å². The summed E-state index contributed by atoms with van der Waals surface area (Å²) in [6, 6.07) is 3.64. The SMILES string of the molecule is COCC1CCN(c2nccc(C#N)n2)C1. The van der Waals surface area contributed by atoms with Gasteiger partial charge in [-0.3, -0.25) is 0 Å². The van der Waals surface area contributed by atoms with E-state index >= 15 is 0 Å². The van der Waals surface area contributed by atoms with Crippen molar-refractivity contribution in [2.24, 2.45) is 5.92 Å². The summed E-state index contributed by atoms with van der Waals surface area (Å²) in [5.74, 6) is 1.19. The molecule has 1 aliphatic heterocycles. The highest BCUT2D eigenvalue weighted by Gasteiger charge is 2.24. The van der Waals surface area contributed by atoms with Gasteiger partial charge < -0.3 is 9.64 Å². The highest BCUT2D eigenvalue weighted by atomic mass is 16.5. The van der Waals surface area contributed by atoms with Crippen molar-refractivity contribution in [2.45, 2.75) is 6.42 Å². The average Bonchev–Trinajstić information content (AvgIpc) is 2.78. The van der Waals surface area contributed by atoms with E-state index in [1.165, 1.54) is 0 Å². The second-order valence-corrected chi connectivity index (χ2v) is 3.91. The molecule has 0 radical (unpaired) electrons. The maximum absolute atomic E-state index is 8.76. The molecule has 1 aliphatic rings. The molecule has 16 heavy (non-hydrogen) atoms. The molecule has 1 fully saturated rings. The molecule has 0 aliphatic carbocycles. The quantitative estimate of drug-likeness (QED) is 0.751. The van der Waals surface area contributed by atoms with Crippen molar-refractivity contribution >= 4 is 5.95 Å². The normalized spacial score (nSPS) is 19.8. The molecule has 84 valence electrons. The highest BCUT2D eigenvalue weighted by molar-refractivity contribution is 5.34. The lowest BCUT2D eigenvalue weighted by atomic mass is 10.1. The fourth-order valence-corrected chi connectivity index (χ4v) is 1.95. The molecule has 1 aromatic heterocycles. The minimum Gasteiger partial charge on any atom is -0.384 e. The van der Waals surface area contributed by atoms with Crippen molar-refractivity contribution < 1.29 is 4.74 Å². The van der Waals surface area contributed by atoms with Gasteiger partial charge in [-0.2, -0.15) is 5.26 Å². The highest BCUT2D eigenvalue weighted by Crippen LogP contribution is 2.20. The van der Waals surface area contributed by atoms with Crippen molar-refractivity contribution in [1.82, 2.24) is 9.97 Å². The Labute approximate surface area is 94.7 Å². The maximum Gasteiger partial charge on any atom is 0.226 e. The number of anilines is 1. The molecule has 5 nitrogen and oxygen atoms in total. The van der Waals surface area contributed by atoms with Crippen LogP contribution in [0.25, 0.3) is 0 Å². The monoisotopic (exact) mass is 218 g/mol. The van der Waals surface area contributed by atoms with Gasteiger partial charge >= 0.3 is 0 Å². The molecule has 2 heterocycles. The number of nitriles is 1. The number of hydrogen-bond acceptors (Lipinski definition) is 5. The van der Waals surface area contributed by atoms with E-state index in [1.54, 1.807) is 19.4 Å². The second-order valence-electron chi connectivity index (χ2n) is 3.91. The summed E-state index contributed by atoms with van der Waals surface area (Å²) in [7, 11) is 1.72. The fourth-order valence-electron chi connectivity index (χ4n) is 1.95. The standard InChI is InChI=1S/C11H14N4O/c1-16-8-9-3-5-15(7-9)11-13-4-2-10(6-12)14-11/h2,4,9H,3,5,7-8H2,1H3. The number of nitrogens with zero attached hydrogens (tertiary/aromatic N) is 4. The average molecular weight is 218 g/mol. The molecule has 1 saturated heterocycles. The van der Waals surface area contributed by atoms with E-state index < -0.39 is 0 Å². The van der Waals surface area contributed by atoms with Gasteiger partial charge in [-0.1, -0.05) is 0 Å². The van der Waals surface area contributed by atoms with Gasteiger partial charge in [0.05, 0.1) is 6.61 Å². The fraction of sp³-hybridized carbons (Fsp3) is 0.545. The lowest BCUT2D eigenvalue weighted by Gasteiger charge is -2.15. The van der Waals surface area contributed by atoms with Crippen LogP contribution in [0.1, 0.15) is 12.1 Å². The zero-order valence-electron chi connectivity index (χ0n) is 9.26. The minimum atomic E-state index is 0.417. The largest absolute Gasteiger partial charge is 0.384 e. The van der Waals surface area contributed by atoms with E-state index in [4.69, 9.17) is 10.00 Å². The molecule has 1 aromatic rings. The van der Waals surface area contributed by atoms with E-state index in [0.29, 0.717) is 17.6 Å². The van der Waals surface area contributed by atoms with Crippen LogP contribution in [0, 0.1) is 17.2 Å². The van der Waals surface area contributed by atoms with E-state index in [9.17, 15) is 0 Å². The number of methoxy groups -OCH3 is 1. The topological polar surface area (TPSA) is 62.0 Å². The smallest absolute Gasteiger partial charge is 0.226 e. The predicted molar refractivity (Wildman–Crippen MR) is 58.9 cm³/mol. The predicted octanol–water partition coefficient (Wildman–Crippen LogP) is 0.821. The number of rotatable bonds is 3. The van der Waals surface area contributed by atoms with Crippen LogP contribution in [0.2, 0.25) is 0 Å². The molecule has 0 aromatic carbocycles. The van der Waals surface area contributed by atoms with Gasteiger partial charge in [-0.25, -0.2) is 9.97 Å². The van der Waals surface area contributed by atoms with Gasteiger partial charge in [0.1, 0.15) is 11.8 Å². The molecule has 2 rings (SSSR count). The lowest BCUT2D eigenvalue weighted by Crippen LogP contribution is -2.23. The first-order chi connectivity index (χ1) is 7.83. The van der Waals surface area contributed by atoms with Crippen molar-refractivity contribution in [2.75, 3.05) is 31.7 Å². The summed E-state index contributed by atoms with van der Waals surface area (Å²) in [6.07, 6.45) is 2.72. The van der Waals surface area contributed by atoms with Gasteiger partial charge in [0.25, 0.3) is 0 Å². The summed E-state index contributed by atoms with van der Waals surface area (Å²) in [4.78, 5) is 10.5.